The molecule has 0 aliphatic heterocycles. The van der Waals surface area contributed by atoms with Gasteiger partial charge in [-0.05, 0) is 49.4 Å². The molecule has 4 N–H and O–H groups in total. The zero-order chi connectivity index (χ0) is 13.9. The van der Waals surface area contributed by atoms with E-state index in [2.05, 4.69) is 10.3 Å². The lowest BCUT2D eigenvalue weighted by molar-refractivity contribution is 0.105. The standard InChI is InChI=1S/C16H21N3O/c17-12-4-5-14-15(6-7-18-16(14)9-12)19-10-11-2-1-3-13(20)8-11/h4-7,9,11,13,20H,1-3,8,10,17H2,(H,18,19). The van der Waals surface area contributed by atoms with Gasteiger partial charge in [0.25, 0.3) is 0 Å². The van der Waals surface area contributed by atoms with Gasteiger partial charge in [-0.25, -0.2) is 0 Å². The number of benzene rings is 1. The molecule has 0 amide bonds. The second-order valence-electron chi connectivity index (χ2n) is 5.70. The summed E-state index contributed by atoms with van der Waals surface area (Å²) in [6.45, 7) is 0.903. The number of hydrogen-bond donors (Lipinski definition) is 3. The molecule has 2 atom stereocenters. The Labute approximate surface area is 119 Å². The minimum absolute atomic E-state index is 0.121. The van der Waals surface area contributed by atoms with Crippen LogP contribution < -0.4 is 11.1 Å². The molecule has 1 fully saturated rings. The van der Waals surface area contributed by atoms with Crippen LogP contribution in [0.25, 0.3) is 10.9 Å². The molecule has 1 aliphatic rings. The molecule has 3 rings (SSSR count). The molecule has 4 heteroatoms. The summed E-state index contributed by atoms with van der Waals surface area (Å²) >= 11 is 0. The van der Waals surface area contributed by atoms with Gasteiger partial charge in [0.1, 0.15) is 0 Å². The molecule has 2 unspecified atom stereocenters. The zero-order valence-corrected chi connectivity index (χ0v) is 11.5. The van der Waals surface area contributed by atoms with Crippen LogP contribution in [0.4, 0.5) is 11.4 Å². The fourth-order valence-corrected chi connectivity index (χ4v) is 3.02. The molecule has 0 saturated heterocycles. The Kier molecular flexibility index (Phi) is 3.74. The fraction of sp³-hybridized carbons (Fsp3) is 0.438. The van der Waals surface area contributed by atoms with E-state index >= 15 is 0 Å². The summed E-state index contributed by atoms with van der Waals surface area (Å²) in [5.74, 6) is 0.552. The molecule has 106 valence electrons. The number of aliphatic hydroxyl groups excluding tert-OH is 1. The number of anilines is 2. The van der Waals surface area contributed by atoms with Crippen molar-refractivity contribution < 1.29 is 5.11 Å². The molecular formula is C16H21N3O. The lowest BCUT2D eigenvalue weighted by Gasteiger charge is -2.26. The molecule has 0 spiro atoms. The van der Waals surface area contributed by atoms with Crippen molar-refractivity contribution >= 4 is 22.3 Å². The number of nitrogens with one attached hydrogen (secondary N) is 1. The number of aromatic nitrogens is 1. The normalized spacial score (nSPS) is 22.9. The highest BCUT2D eigenvalue weighted by molar-refractivity contribution is 5.92. The molecule has 1 aromatic carbocycles. The van der Waals surface area contributed by atoms with Crippen LogP contribution in [0.2, 0.25) is 0 Å². The van der Waals surface area contributed by atoms with E-state index in [0.29, 0.717) is 5.92 Å². The Morgan fingerprint density at radius 2 is 2.20 bits per heavy atom. The third-order valence-electron chi connectivity index (χ3n) is 4.10. The van der Waals surface area contributed by atoms with Gasteiger partial charge in [0.2, 0.25) is 0 Å². The first kappa shape index (κ1) is 13.2. The molecule has 1 aliphatic carbocycles. The van der Waals surface area contributed by atoms with Gasteiger partial charge in [0.05, 0.1) is 11.6 Å². The van der Waals surface area contributed by atoms with E-state index in [4.69, 9.17) is 5.73 Å². The Hall–Kier alpha value is -1.81. The van der Waals surface area contributed by atoms with Crippen molar-refractivity contribution in [3.8, 4) is 0 Å². The molecule has 0 bridgehead atoms. The Bertz CT molecular complexity index is 599. The van der Waals surface area contributed by atoms with Gasteiger partial charge in [-0.15, -0.1) is 0 Å². The minimum Gasteiger partial charge on any atom is -0.399 e. The van der Waals surface area contributed by atoms with Gasteiger partial charge in [-0.2, -0.15) is 0 Å². The predicted molar refractivity (Wildman–Crippen MR) is 82.6 cm³/mol. The van der Waals surface area contributed by atoms with Crippen molar-refractivity contribution in [2.24, 2.45) is 5.92 Å². The van der Waals surface area contributed by atoms with Crippen LogP contribution in [0.15, 0.2) is 30.5 Å². The van der Waals surface area contributed by atoms with Crippen LogP contribution in [0.1, 0.15) is 25.7 Å². The van der Waals surface area contributed by atoms with E-state index in [1.165, 1.54) is 6.42 Å². The largest absolute Gasteiger partial charge is 0.399 e. The second kappa shape index (κ2) is 5.67. The van der Waals surface area contributed by atoms with Crippen molar-refractivity contribution in [2.75, 3.05) is 17.6 Å². The van der Waals surface area contributed by atoms with E-state index in [9.17, 15) is 5.11 Å². The van der Waals surface area contributed by atoms with E-state index in [1.54, 1.807) is 6.20 Å². The summed E-state index contributed by atoms with van der Waals surface area (Å²) in [4.78, 5) is 4.35. The monoisotopic (exact) mass is 271 g/mol. The molecule has 20 heavy (non-hydrogen) atoms. The summed E-state index contributed by atoms with van der Waals surface area (Å²) in [5.41, 5.74) is 8.53. The third-order valence-corrected chi connectivity index (χ3v) is 4.10. The van der Waals surface area contributed by atoms with Crippen LogP contribution >= 0.6 is 0 Å². The van der Waals surface area contributed by atoms with E-state index < -0.39 is 0 Å². The molecule has 2 aromatic rings. The fourth-order valence-electron chi connectivity index (χ4n) is 3.02. The minimum atomic E-state index is -0.121. The quantitative estimate of drug-likeness (QED) is 0.751. The number of aliphatic hydroxyl groups is 1. The van der Waals surface area contributed by atoms with Crippen LogP contribution in [-0.4, -0.2) is 22.7 Å². The van der Waals surface area contributed by atoms with Crippen molar-refractivity contribution in [2.45, 2.75) is 31.8 Å². The lowest BCUT2D eigenvalue weighted by Crippen LogP contribution is -2.25. The number of nitrogens with zero attached hydrogens (tertiary/aromatic N) is 1. The molecule has 1 aromatic heterocycles. The summed E-state index contributed by atoms with van der Waals surface area (Å²) < 4.78 is 0. The highest BCUT2D eigenvalue weighted by Gasteiger charge is 2.19. The first-order chi connectivity index (χ1) is 9.72. The number of nitrogens with two attached hydrogens (primary N) is 1. The van der Waals surface area contributed by atoms with Crippen molar-refractivity contribution in [1.82, 2.24) is 4.98 Å². The van der Waals surface area contributed by atoms with Crippen molar-refractivity contribution in [3.63, 3.8) is 0 Å². The molecular weight excluding hydrogens is 250 g/mol. The summed E-state index contributed by atoms with van der Waals surface area (Å²) in [6.07, 6.45) is 5.86. The van der Waals surface area contributed by atoms with Crippen molar-refractivity contribution in [1.29, 1.82) is 0 Å². The van der Waals surface area contributed by atoms with Crippen molar-refractivity contribution in [3.05, 3.63) is 30.5 Å². The first-order valence-corrected chi connectivity index (χ1v) is 7.28. The van der Waals surface area contributed by atoms with Gasteiger partial charge in [-0.1, -0.05) is 6.42 Å². The predicted octanol–water partition coefficient (Wildman–Crippen LogP) is 2.78. The first-order valence-electron chi connectivity index (χ1n) is 7.28. The van der Waals surface area contributed by atoms with E-state index in [-0.39, 0.29) is 6.10 Å². The van der Waals surface area contributed by atoms with Gasteiger partial charge >= 0.3 is 0 Å². The SMILES string of the molecule is Nc1ccc2c(NCC3CCCC(O)C3)ccnc2c1. The molecule has 0 radical (unpaired) electrons. The lowest BCUT2D eigenvalue weighted by atomic mass is 9.87. The molecule has 1 saturated carbocycles. The van der Waals surface area contributed by atoms with Crippen LogP contribution in [0.3, 0.4) is 0 Å². The highest BCUT2D eigenvalue weighted by Crippen LogP contribution is 2.27. The number of nitrogen functional groups attached to an aromatic ring is 1. The van der Waals surface area contributed by atoms with Crippen LogP contribution in [0.5, 0.6) is 0 Å². The van der Waals surface area contributed by atoms with Gasteiger partial charge < -0.3 is 16.2 Å². The number of rotatable bonds is 3. The van der Waals surface area contributed by atoms with Gasteiger partial charge in [0, 0.05) is 29.5 Å². The maximum atomic E-state index is 9.73. The van der Waals surface area contributed by atoms with Crippen LogP contribution in [0, 0.1) is 5.92 Å². The third kappa shape index (κ3) is 2.85. The second-order valence-corrected chi connectivity index (χ2v) is 5.70. The summed E-state index contributed by atoms with van der Waals surface area (Å²) in [7, 11) is 0. The molecule has 1 heterocycles. The Morgan fingerprint density at radius 1 is 1.30 bits per heavy atom. The molecule has 4 nitrogen and oxygen atoms in total. The Balaban J connectivity index is 1.74. The average Bonchev–Trinajstić information content (AvgIpc) is 2.44. The number of pyridine rings is 1. The average molecular weight is 271 g/mol. The van der Waals surface area contributed by atoms with Crippen LogP contribution in [-0.2, 0) is 0 Å². The van der Waals surface area contributed by atoms with Gasteiger partial charge in [-0.3, -0.25) is 4.98 Å². The zero-order valence-electron chi connectivity index (χ0n) is 11.5. The summed E-state index contributed by atoms with van der Waals surface area (Å²) in [6, 6.07) is 7.80. The number of fused-ring (bicyclic) bond motifs is 1. The summed E-state index contributed by atoms with van der Waals surface area (Å²) in [5, 5.41) is 14.3. The smallest absolute Gasteiger partial charge is 0.0743 e. The maximum absolute atomic E-state index is 9.73. The maximum Gasteiger partial charge on any atom is 0.0743 e. The topological polar surface area (TPSA) is 71.2 Å². The van der Waals surface area contributed by atoms with E-state index in [1.807, 2.05) is 24.3 Å². The van der Waals surface area contributed by atoms with E-state index in [0.717, 1.165) is 48.1 Å². The van der Waals surface area contributed by atoms with Gasteiger partial charge in [0.15, 0.2) is 0 Å². The highest BCUT2D eigenvalue weighted by atomic mass is 16.3. The Morgan fingerprint density at radius 3 is 3.05 bits per heavy atom. The number of hydrogen-bond acceptors (Lipinski definition) is 4.